The Kier molecular flexibility index (Phi) is 17.5. The third-order valence-electron chi connectivity index (χ3n) is 3.65. The molecule has 0 aliphatic carbocycles. The van der Waals surface area contributed by atoms with Crippen LogP contribution in [0.2, 0.25) is 0 Å². The van der Waals surface area contributed by atoms with Crippen molar-refractivity contribution in [1.82, 2.24) is 0 Å². The first-order chi connectivity index (χ1) is 12.7. The van der Waals surface area contributed by atoms with Gasteiger partial charge >= 0.3 is 0 Å². The van der Waals surface area contributed by atoms with Crippen molar-refractivity contribution in [1.29, 1.82) is 0 Å². The number of carbonyl (C=O) groups excluding carboxylic acids is 1. The van der Waals surface area contributed by atoms with Crippen molar-refractivity contribution in [2.24, 2.45) is 0 Å². The average Bonchev–Trinajstić information content (AvgIpc) is 2.63. The molecule has 0 N–H and O–H groups in total. The van der Waals surface area contributed by atoms with E-state index in [-0.39, 0.29) is 18.5 Å². The summed E-state index contributed by atoms with van der Waals surface area (Å²) in [5.74, 6) is 0. The van der Waals surface area contributed by atoms with Crippen LogP contribution in [0.1, 0.15) is 71.1 Å². The van der Waals surface area contributed by atoms with Crippen LogP contribution in [-0.2, 0) is 4.79 Å². The highest BCUT2D eigenvalue weighted by Gasteiger charge is 2.06. The fourth-order valence-corrected chi connectivity index (χ4v) is 2.18. The maximum atomic E-state index is 10.9. The Labute approximate surface area is 158 Å². The molecule has 0 saturated heterocycles. The molecular weight excluding hydrogens is 326 g/mol. The van der Waals surface area contributed by atoms with Crippen molar-refractivity contribution in [2.45, 2.75) is 71.1 Å². The van der Waals surface area contributed by atoms with E-state index in [2.05, 4.69) is 43.4 Å². The summed E-state index contributed by atoms with van der Waals surface area (Å²) < 4.78 is 0. The van der Waals surface area contributed by atoms with Gasteiger partial charge in [0.15, 0.2) is 6.29 Å². The van der Waals surface area contributed by atoms with Crippen molar-refractivity contribution in [3.63, 3.8) is 0 Å². The van der Waals surface area contributed by atoms with E-state index in [9.17, 15) is 14.9 Å². The summed E-state index contributed by atoms with van der Waals surface area (Å²) in [5.41, 5.74) is 0.131. The van der Waals surface area contributed by atoms with Crippen LogP contribution >= 0.6 is 0 Å². The lowest BCUT2D eigenvalue weighted by atomic mass is 10.2. The number of nitro groups is 1. The van der Waals surface area contributed by atoms with Crippen LogP contribution in [0.15, 0.2) is 60.4 Å². The number of nitrogens with zero attached hydrogens (tertiary/aromatic N) is 1. The highest BCUT2D eigenvalue weighted by molar-refractivity contribution is 5.50. The molecule has 0 aliphatic heterocycles. The van der Waals surface area contributed by atoms with Crippen molar-refractivity contribution in [2.75, 3.05) is 0 Å². The molecule has 143 valence electrons. The van der Waals surface area contributed by atoms with Gasteiger partial charge in [-0.15, -0.1) is 0 Å². The van der Waals surface area contributed by atoms with E-state index in [1.54, 1.807) is 12.4 Å². The lowest BCUT2D eigenvalue weighted by molar-refractivity contribution is -0.427. The maximum Gasteiger partial charge on any atom is 0.246 e. The SMILES string of the molecule is CCCCC/C=C\C/C=C\C/C=C\C/C=C\C/C(=C\CC[C]=O)[N+](=O)[O-]. The van der Waals surface area contributed by atoms with Gasteiger partial charge in [0.05, 0.1) is 11.3 Å². The molecule has 0 rings (SSSR count). The largest absolute Gasteiger partial charge is 0.291 e. The van der Waals surface area contributed by atoms with Crippen molar-refractivity contribution >= 4 is 6.29 Å². The Hall–Kier alpha value is -2.23. The molecule has 4 heteroatoms. The molecule has 0 heterocycles. The fourth-order valence-electron chi connectivity index (χ4n) is 2.18. The number of rotatable bonds is 16. The summed E-state index contributed by atoms with van der Waals surface area (Å²) in [4.78, 5) is 20.6. The Morgan fingerprint density at radius 2 is 1.46 bits per heavy atom. The minimum absolute atomic E-state index is 0.131. The van der Waals surface area contributed by atoms with Gasteiger partial charge in [0, 0.05) is 6.42 Å². The molecule has 0 atom stereocenters. The van der Waals surface area contributed by atoms with Crippen molar-refractivity contribution in [3.05, 3.63) is 70.5 Å². The topological polar surface area (TPSA) is 60.2 Å². The van der Waals surface area contributed by atoms with E-state index in [4.69, 9.17) is 0 Å². The van der Waals surface area contributed by atoms with Crippen LogP contribution in [0.3, 0.4) is 0 Å². The third kappa shape index (κ3) is 16.6. The number of allylic oxidation sites excluding steroid dienone is 9. The van der Waals surface area contributed by atoms with Gasteiger partial charge < -0.3 is 0 Å². The van der Waals surface area contributed by atoms with Crippen LogP contribution in [0.5, 0.6) is 0 Å². The van der Waals surface area contributed by atoms with E-state index in [0.29, 0.717) is 6.42 Å². The van der Waals surface area contributed by atoms with Gasteiger partial charge in [-0.3, -0.25) is 14.9 Å². The minimum Gasteiger partial charge on any atom is -0.291 e. The third-order valence-corrected chi connectivity index (χ3v) is 3.65. The molecule has 0 aromatic rings. The molecule has 0 amide bonds. The normalized spacial score (nSPS) is 12.9. The van der Waals surface area contributed by atoms with Gasteiger partial charge in [-0.25, -0.2) is 0 Å². The number of unbranched alkanes of at least 4 members (excludes halogenated alkanes) is 4. The van der Waals surface area contributed by atoms with Crippen LogP contribution in [0.25, 0.3) is 0 Å². The van der Waals surface area contributed by atoms with Gasteiger partial charge in [0.1, 0.15) is 0 Å². The first-order valence-electron chi connectivity index (χ1n) is 9.50. The molecule has 0 bridgehead atoms. The standard InChI is InChI=1S/C22H32NO3/c1-2-3-4-5-6-7-8-9-10-11-12-13-14-15-16-19-22(23(25)26)20-17-18-21-24/h6-7,9-10,12-13,15-16,20H,2-5,8,11,14,17-19H2,1H3/b7-6-,10-9-,13-12-,16-15-,22-20+. The second kappa shape index (κ2) is 19.1. The molecule has 26 heavy (non-hydrogen) atoms. The monoisotopic (exact) mass is 358 g/mol. The second-order valence-electron chi connectivity index (χ2n) is 5.93. The quantitative estimate of drug-likeness (QED) is 0.139. The van der Waals surface area contributed by atoms with Gasteiger partial charge in [0.25, 0.3) is 0 Å². The van der Waals surface area contributed by atoms with Crippen LogP contribution in [-0.4, -0.2) is 11.2 Å². The Bertz CT molecular complexity index is 513. The van der Waals surface area contributed by atoms with Gasteiger partial charge in [-0.1, -0.05) is 68.4 Å². The van der Waals surface area contributed by atoms with Gasteiger partial charge in [-0.05, 0) is 44.6 Å². The molecule has 1 radical (unpaired) electrons. The van der Waals surface area contributed by atoms with E-state index >= 15 is 0 Å². The van der Waals surface area contributed by atoms with Crippen molar-refractivity contribution in [3.8, 4) is 0 Å². The van der Waals surface area contributed by atoms with Gasteiger partial charge in [0.2, 0.25) is 5.70 Å². The Morgan fingerprint density at radius 3 is 2.00 bits per heavy atom. The Morgan fingerprint density at radius 1 is 0.885 bits per heavy atom. The summed E-state index contributed by atoms with van der Waals surface area (Å²) in [5, 5.41) is 10.9. The van der Waals surface area contributed by atoms with Crippen LogP contribution in [0, 0.1) is 10.1 Å². The minimum atomic E-state index is -0.395. The van der Waals surface area contributed by atoms with Crippen LogP contribution < -0.4 is 0 Å². The summed E-state index contributed by atoms with van der Waals surface area (Å²) >= 11 is 0. The van der Waals surface area contributed by atoms with Crippen molar-refractivity contribution < 1.29 is 9.72 Å². The summed E-state index contributed by atoms with van der Waals surface area (Å²) in [6.45, 7) is 2.22. The summed E-state index contributed by atoms with van der Waals surface area (Å²) in [6, 6.07) is 0. The molecule has 0 unspecified atom stereocenters. The number of hydrogen-bond acceptors (Lipinski definition) is 3. The molecule has 0 fully saturated rings. The predicted molar refractivity (Wildman–Crippen MR) is 109 cm³/mol. The van der Waals surface area contributed by atoms with E-state index in [1.807, 2.05) is 6.08 Å². The molecule has 4 nitrogen and oxygen atoms in total. The molecule has 0 aromatic carbocycles. The number of hydrogen-bond donors (Lipinski definition) is 0. The first kappa shape index (κ1) is 23.8. The first-order valence-corrected chi connectivity index (χ1v) is 9.50. The zero-order valence-corrected chi connectivity index (χ0v) is 15.9. The molecule has 0 spiro atoms. The van der Waals surface area contributed by atoms with E-state index in [1.165, 1.54) is 31.8 Å². The zero-order valence-electron chi connectivity index (χ0n) is 15.9. The lowest BCUT2D eigenvalue weighted by Crippen LogP contribution is -1.97. The zero-order chi connectivity index (χ0) is 19.3. The van der Waals surface area contributed by atoms with E-state index in [0.717, 1.165) is 19.3 Å². The Balaban J connectivity index is 3.83. The second-order valence-corrected chi connectivity index (χ2v) is 5.93. The molecular formula is C22H32NO3. The summed E-state index contributed by atoms with van der Waals surface area (Å²) in [7, 11) is 0. The lowest BCUT2D eigenvalue weighted by Gasteiger charge is -1.93. The molecule has 0 saturated carbocycles. The highest BCUT2D eigenvalue weighted by atomic mass is 16.6. The van der Waals surface area contributed by atoms with Gasteiger partial charge in [-0.2, -0.15) is 0 Å². The molecule has 0 aliphatic rings. The molecule has 0 aromatic heterocycles. The fraction of sp³-hybridized carbons (Fsp3) is 0.500. The highest BCUT2D eigenvalue weighted by Crippen LogP contribution is 2.06. The van der Waals surface area contributed by atoms with E-state index < -0.39 is 4.92 Å². The maximum absolute atomic E-state index is 10.9. The van der Waals surface area contributed by atoms with Crippen LogP contribution in [0.4, 0.5) is 0 Å². The smallest absolute Gasteiger partial charge is 0.246 e. The predicted octanol–water partition coefficient (Wildman–Crippen LogP) is 6.40. The summed E-state index contributed by atoms with van der Waals surface area (Å²) in [6.07, 6.45) is 28.4. The average molecular weight is 359 g/mol.